The normalized spacial score (nSPS) is 16.0. The second-order valence-electron chi connectivity index (χ2n) is 9.77. The van der Waals surface area contributed by atoms with Gasteiger partial charge in [0.1, 0.15) is 11.4 Å². The highest BCUT2D eigenvalue weighted by Crippen LogP contribution is 2.35. The molecule has 2 fully saturated rings. The van der Waals surface area contributed by atoms with Crippen LogP contribution in [0.1, 0.15) is 10.4 Å². The Labute approximate surface area is 244 Å². The van der Waals surface area contributed by atoms with E-state index in [1.54, 1.807) is 29.9 Å². The smallest absolute Gasteiger partial charge is 0.259 e. The van der Waals surface area contributed by atoms with Crippen LogP contribution in [0.3, 0.4) is 0 Å². The minimum absolute atomic E-state index is 0.221. The number of morpholine rings is 2. The van der Waals surface area contributed by atoms with Gasteiger partial charge in [-0.25, -0.2) is 8.99 Å². The Bertz CT molecular complexity index is 1470. The second kappa shape index (κ2) is 12.8. The van der Waals surface area contributed by atoms with Crippen molar-refractivity contribution < 1.29 is 19.0 Å². The Morgan fingerprint density at radius 3 is 2.32 bits per heavy atom. The lowest BCUT2D eigenvalue weighted by atomic mass is 10.1. The van der Waals surface area contributed by atoms with Gasteiger partial charge in [0, 0.05) is 42.8 Å². The van der Waals surface area contributed by atoms with E-state index in [1.807, 2.05) is 54.6 Å². The number of benzene rings is 3. The minimum atomic E-state index is -0.221. The van der Waals surface area contributed by atoms with Crippen LogP contribution < -0.4 is 15.0 Å². The Balaban J connectivity index is 1.35. The lowest BCUT2D eigenvalue weighted by Crippen LogP contribution is -2.36. The molecule has 3 aromatic carbocycles. The Morgan fingerprint density at radius 1 is 0.902 bits per heavy atom. The van der Waals surface area contributed by atoms with Crippen molar-refractivity contribution in [2.45, 2.75) is 4.90 Å². The molecule has 0 spiro atoms. The number of hydrogen-bond acceptors (Lipinski definition) is 8. The number of anilines is 2. The van der Waals surface area contributed by atoms with Crippen LogP contribution in [-0.4, -0.2) is 79.7 Å². The molecule has 9 nitrogen and oxygen atoms in total. The Kier molecular flexibility index (Phi) is 8.52. The number of para-hydroxylation sites is 1. The molecule has 3 heterocycles. The molecule has 0 saturated carbocycles. The number of nitrogens with zero attached hydrogens (tertiary/aromatic N) is 4. The summed E-state index contributed by atoms with van der Waals surface area (Å²) in [5, 5.41) is 8.08. The van der Waals surface area contributed by atoms with Crippen molar-refractivity contribution >= 4 is 29.2 Å². The maximum atomic E-state index is 14.0. The molecule has 1 N–H and O–H groups in total. The molecule has 0 radical (unpaired) electrons. The number of nitrogens with one attached hydrogen (secondary N) is 1. The molecule has 41 heavy (non-hydrogen) atoms. The molecule has 1 amide bonds. The number of carbonyl (C=O) groups is 1. The number of methoxy groups -OCH3 is 1. The molecule has 0 atom stereocenters. The molecule has 10 heteroatoms. The van der Waals surface area contributed by atoms with Gasteiger partial charge < -0.3 is 24.4 Å². The molecule has 0 bridgehead atoms. The van der Waals surface area contributed by atoms with Crippen LogP contribution in [0.25, 0.3) is 16.9 Å². The average Bonchev–Trinajstić information content (AvgIpc) is 3.49. The van der Waals surface area contributed by atoms with Gasteiger partial charge in [-0.15, -0.1) is 0 Å². The van der Waals surface area contributed by atoms with Crippen molar-refractivity contribution in [3.63, 3.8) is 0 Å². The third-order valence-electron chi connectivity index (χ3n) is 7.12. The predicted octanol–water partition coefficient (Wildman–Crippen LogP) is 4.98. The third-order valence-corrected chi connectivity index (χ3v) is 8.20. The van der Waals surface area contributed by atoms with Gasteiger partial charge in [0.15, 0.2) is 0 Å². The van der Waals surface area contributed by atoms with Crippen LogP contribution in [0.5, 0.6) is 5.75 Å². The van der Waals surface area contributed by atoms with Gasteiger partial charge >= 0.3 is 0 Å². The molecule has 1 aromatic heterocycles. The van der Waals surface area contributed by atoms with Crippen molar-refractivity contribution in [2.75, 3.05) is 69.9 Å². The number of rotatable bonds is 8. The van der Waals surface area contributed by atoms with Gasteiger partial charge in [-0.1, -0.05) is 18.2 Å². The SMILES string of the molecule is COc1ccc(-c2nn(-c3ccccc3)cc2C(=O)Nc2cc(SN3CCOCC3)ccc2N2CCOCC2)cc1. The summed E-state index contributed by atoms with van der Waals surface area (Å²) >= 11 is 1.69. The van der Waals surface area contributed by atoms with E-state index < -0.39 is 0 Å². The maximum Gasteiger partial charge on any atom is 0.259 e. The topological polar surface area (TPSA) is 81.1 Å². The molecular formula is C31H33N5O4S. The van der Waals surface area contributed by atoms with Crippen LogP contribution in [0.4, 0.5) is 11.4 Å². The van der Waals surface area contributed by atoms with Crippen molar-refractivity contribution in [3.05, 3.63) is 84.6 Å². The zero-order valence-electron chi connectivity index (χ0n) is 23.0. The average molecular weight is 572 g/mol. The first-order valence-corrected chi connectivity index (χ1v) is 14.5. The zero-order valence-corrected chi connectivity index (χ0v) is 23.8. The fourth-order valence-electron chi connectivity index (χ4n) is 4.94. The molecule has 2 aliphatic rings. The summed E-state index contributed by atoms with van der Waals surface area (Å²) in [5.41, 5.74) is 4.53. The van der Waals surface area contributed by atoms with E-state index in [-0.39, 0.29) is 5.91 Å². The van der Waals surface area contributed by atoms with E-state index in [1.165, 1.54) is 0 Å². The fraction of sp³-hybridized carbons (Fsp3) is 0.290. The number of carbonyl (C=O) groups excluding carboxylic acids is 1. The molecule has 6 rings (SSSR count). The summed E-state index contributed by atoms with van der Waals surface area (Å²) in [6, 6.07) is 23.7. The quantitative estimate of drug-likeness (QED) is 0.297. The van der Waals surface area contributed by atoms with Gasteiger partial charge in [0.05, 0.1) is 56.2 Å². The summed E-state index contributed by atoms with van der Waals surface area (Å²) in [6.07, 6.45) is 1.80. The van der Waals surface area contributed by atoms with E-state index in [9.17, 15) is 4.79 Å². The van der Waals surface area contributed by atoms with Crippen LogP contribution in [0.2, 0.25) is 0 Å². The largest absolute Gasteiger partial charge is 0.497 e. The number of aromatic nitrogens is 2. The lowest BCUT2D eigenvalue weighted by Gasteiger charge is -2.31. The van der Waals surface area contributed by atoms with Gasteiger partial charge in [0.25, 0.3) is 5.91 Å². The highest BCUT2D eigenvalue weighted by atomic mass is 32.2. The molecule has 2 aliphatic heterocycles. The van der Waals surface area contributed by atoms with E-state index in [4.69, 9.17) is 19.3 Å². The minimum Gasteiger partial charge on any atom is -0.497 e. The number of hydrogen-bond donors (Lipinski definition) is 1. The molecular weight excluding hydrogens is 538 g/mol. The third kappa shape index (κ3) is 6.41. The van der Waals surface area contributed by atoms with Crippen LogP contribution in [0, 0.1) is 0 Å². The first-order valence-electron chi connectivity index (χ1n) is 13.8. The number of amides is 1. The standard InChI is InChI=1S/C31H33N5O4S/c1-38-25-9-7-23(8-10-25)30-27(22-36(33-30)24-5-3-2-4-6-24)31(37)32-28-21-26(41-35-15-19-40-20-16-35)11-12-29(28)34-13-17-39-18-14-34/h2-12,21-22H,13-20H2,1H3,(H,32,37). The second-order valence-corrected chi connectivity index (χ2v) is 10.9. The molecule has 212 valence electrons. The highest BCUT2D eigenvalue weighted by Gasteiger charge is 2.23. The van der Waals surface area contributed by atoms with E-state index in [0.717, 1.165) is 72.7 Å². The first-order chi connectivity index (χ1) is 20.2. The van der Waals surface area contributed by atoms with Crippen LogP contribution in [0.15, 0.2) is 83.9 Å². The molecule has 2 saturated heterocycles. The van der Waals surface area contributed by atoms with Crippen LogP contribution >= 0.6 is 11.9 Å². The van der Waals surface area contributed by atoms with E-state index in [2.05, 4.69) is 32.7 Å². The summed E-state index contributed by atoms with van der Waals surface area (Å²) in [4.78, 5) is 17.4. The van der Waals surface area contributed by atoms with Crippen molar-refractivity contribution in [2.24, 2.45) is 0 Å². The summed E-state index contributed by atoms with van der Waals surface area (Å²) in [7, 11) is 1.63. The van der Waals surface area contributed by atoms with Crippen molar-refractivity contribution in [1.29, 1.82) is 0 Å². The van der Waals surface area contributed by atoms with Gasteiger partial charge in [-0.3, -0.25) is 4.79 Å². The first kappa shape index (κ1) is 27.3. The molecule has 0 unspecified atom stereocenters. The number of ether oxygens (including phenoxy) is 3. The summed E-state index contributed by atoms with van der Waals surface area (Å²) in [6.45, 7) is 6.02. The molecule has 4 aromatic rings. The van der Waals surface area contributed by atoms with Crippen molar-refractivity contribution in [1.82, 2.24) is 14.1 Å². The van der Waals surface area contributed by atoms with Crippen molar-refractivity contribution in [3.8, 4) is 22.7 Å². The fourth-order valence-corrected chi connectivity index (χ4v) is 5.87. The lowest BCUT2D eigenvalue weighted by molar-refractivity contribution is 0.0773. The summed E-state index contributed by atoms with van der Waals surface area (Å²) in [5.74, 6) is 0.521. The zero-order chi connectivity index (χ0) is 28.0. The van der Waals surface area contributed by atoms with E-state index >= 15 is 0 Å². The van der Waals surface area contributed by atoms with Gasteiger partial charge in [-0.05, 0) is 66.5 Å². The maximum absolute atomic E-state index is 14.0. The highest BCUT2D eigenvalue weighted by molar-refractivity contribution is 7.97. The summed E-state index contributed by atoms with van der Waals surface area (Å²) < 4.78 is 20.5. The van der Waals surface area contributed by atoms with Gasteiger partial charge in [-0.2, -0.15) is 5.10 Å². The Morgan fingerprint density at radius 2 is 1.61 bits per heavy atom. The Hall–Kier alpha value is -3.83. The monoisotopic (exact) mass is 571 g/mol. The van der Waals surface area contributed by atoms with E-state index in [0.29, 0.717) is 24.5 Å². The molecule has 0 aliphatic carbocycles. The predicted molar refractivity (Wildman–Crippen MR) is 161 cm³/mol. The van der Waals surface area contributed by atoms with Crippen LogP contribution in [-0.2, 0) is 9.47 Å². The van der Waals surface area contributed by atoms with Gasteiger partial charge in [0.2, 0.25) is 0 Å².